The minimum atomic E-state index is 0.803. The van der Waals surface area contributed by atoms with Crippen LogP contribution in [-0.2, 0) is 6.54 Å². The fourth-order valence-corrected chi connectivity index (χ4v) is 3.04. The molecule has 1 fully saturated rings. The van der Waals surface area contributed by atoms with Gasteiger partial charge in [0.25, 0.3) is 0 Å². The zero-order valence-electron chi connectivity index (χ0n) is 12.9. The summed E-state index contributed by atoms with van der Waals surface area (Å²) in [6, 6.07) is 9.47. The van der Waals surface area contributed by atoms with Crippen molar-refractivity contribution in [3.05, 3.63) is 41.8 Å². The SMILES string of the molecule is CC[N+](C)(CC)Cc1ccc(C2CC[CH]CC2)cc1. The van der Waals surface area contributed by atoms with Gasteiger partial charge in [-0.15, -0.1) is 0 Å². The molecule has 0 amide bonds. The van der Waals surface area contributed by atoms with E-state index in [4.69, 9.17) is 0 Å². The average molecular weight is 259 g/mol. The maximum absolute atomic E-state index is 2.44. The predicted molar refractivity (Wildman–Crippen MR) is 82.9 cm³/mol. The second-order valence-electron chi connectivity index (χ2n) is 6.29. The third kappa shape index (κ3) is 3.82. The second-order valence-corrected chi connectivity index (χ2v) is 6.29. The summed E-state index contributed by atoms with van der Waals surface area (Å²) < 4.78 is 1.14. The Morgan fingerprint density at radius 3 is 2.11 bits per heavy atom. The summed E-state index contributed by atoms with van der Waals surface area (Å²) in [6.45, 7) is 8.14. The summed E-state index contributed by atoms with van der Waals surface area (Å²) in [5, 5.41) is 0. The van der Waals surface area contributed by atoms with Crippen molar-refractivity contribution in [3.8, 4) is 0 Å². The molecule has 0 spiro atoms. The van der Waals surface area contributed by atoms with Crippen molar-refractivity contribution < 1.29 is 4.48 Å². The number of benzene rings is 1. The maximum atomic E-state index is 2.44. The van der Waals surface area contributed by atoms with E-state index in [1.807, 2.05) is 0 Å². The van der Waals surface area contributed by atoms with Crippen molar-refractivity contribution in [2.24, 2.45) is 0 Å². The molecule has 0 saturated heterocycles. The summed E-state index contributed by atoms with van der Waals surface area (Å²) in [4.78, 5) is 0. The molecule has 1 heteroatoms. The van der Waals surface area contributed by atoms with Crippen LogP contribution in [0.3, 0.4) is 0 Å². The van der Waals surface area contributed by atoms with Gasteiger partial charge in [-0.2, -0.15) is 0 Å². The van der Waals surface area contributed by atoms with E-state index in [-0.39, 0.29) is 0 Å². The molecule has 1 aromatic rings. The number of hydrogen-bond acceptors (Lipinski definition) is 0. The highest BCUT2D eigenvalue weighted by Crippen LogP contribution is 2.32. The monoisotopic (exact) mass is 259 g/mol. The van der Waals surface area contributed by atoms with Crippen LogP contribution in [0.2, 0.25) is 0 Å². The van der Waals surface area contributed by atoms with E-state index in [1.165, 1.54) is 44.3 Å². The Labute approximate surface area is 119 Å². The Bertz CT molecular complexity index is 369. The molecular weight excluding hydrogens is 230 g/mol. The molecule has 0 bridgehead atoms. The van der Waals surface area contributed by atoms with Crippen molar-refractivity contribution in [2.75, 3.05) is 20.1 Å². The number of rotatable bonds is 5. The van der Waals surface area contributed by atoms with E-state index in [2.05, 4.69) is 51.6 Å². The van der Waals surface area contributed by atoms with Gasteiger partial charge < -0.3 is 4.48 Å². The van der Waals surface area contributed by atoms with Crippen molar-refractivity contribution >= 4 is 0 Å². The van der Waals surface area contributed by atoms with Gasteiger partial charge in [-0.3, -0.25) is 0 Å². The third-order valence-corrected chi connectivity index (χ3v) is 4.98. The molecule has 0 aliphatic heterocycles. The molecule has 1 saturated carbocycles. The highest BCUT2D eigenvalue weighted by Gasteiger charge is 2.18. The van der Waals surface area contributed by atoms with Crippen molar-refractivity contribution in [1.29, 1.82) is 0 Å². The van der Waals surface area contributed by atoms with E-state index in [1.54, 1.807) is 5.56 Å². The van der Waals surface area contributed by atoms with E-state index >= 15 is 0 Å². The lowest BCUT2D eigenvalue weighted by molar-refractivity contribution is -0.919. The van der Waals surface area contributed by atoms with E-state index in [0.717, 1.165) is 16.9 Å². The molecule has 0 heterocycles. The molecule has 19 heavy (non-hydrogen) atoms. The van der Waals surface area contributed by atoms with Crippen LogP contribution in [0.25, 0.3) is 0 Å². The number of nitrogens with zero attached hydrogens (tertiary/aromatic N) is 1. The fourth-order valence-electron chi connectivity index (χ4n) is 3.04. The van der Waals surface area contributed by atoms with Crippen LogP contribution in [0.5, 0.6) is 0 Å². The smallest absolute Gasteiger partial charge is 0.104 e. The zero-order valence-corrected chi connectivity index (χ0v) is 12.9. The van der Waals surface area contributed by atoms with Gasteiger partial charge in [-0.25, -0.2) is 0 Å². The fraction of sp³-hybridized carbons (Fsp3) is 0.611. The van der Waals surface area contributed by atoms with Gasteiger partial charge in [-0.05, 0) is 57.4 Å². The van der Waals surface area contributed by atoms with Crippen molar-refractivity contribution in [1.82, 2.24) is 0 Å². The minimum Gasteiger partial charge on any atom is -0.323 e. The van der Waals surface area contributed by atoms with E-state index < -0.39 is 0 Å². The predicted octanol–water partition coefficient (Wildman–Crippen LogP) is 4.53. The Hall–Kier alpha value is -0.820. The van der Waals surface area contributed by atoms with E-state index in [9.17, 15) is 0 Å². The zero-order chi connectivity index (χ0) is 13.7. The summed E-state index contributed by atoms with van der Waals surface area (Å²) in [7, 11) is 2.35. The molecule has 0 N–H and O–H groups in total. The van der Waals surface area contributed by atoms with Gasteiger partial charge in [0.05, 0.1) is 20.1 Å². The number of quaternary nitrogens is 1. The highest BCUT2D eigenvalue weighted by atomic mass is 15.3. The summed E-state index contributed by atoms with van der Waals surface area (Å²) >= 11 is 0. The Kier molecular flexibility index (Phi) is 5.04. The molecule has 1 aliphatic rings. The first-order chi connectivity index (χ1) is 9.17. The van der Waals surface area contributed by atoms with Gasteiger partial charge >= 0.3 is 0 Å². The van der Waals surface area contributed by atoms with E-state index in [0.29, 0.717) is 0 Å². The molecular formula is C18H29N+. The molecule has 1 aliphatic carbocycles. The molecule has 0 atom stereocenters. The second kappa shape index (κ2) is 6.56. The van der Waals surface area contributed by atoms with Crippen LogP contribution < -0.4 is 0 Å². The van der Waals surface area contributed by atoms with Crippen LogP contribution in [0.4, 0.5) is 0 Å². The molecule has 1 nitrogen and oxygen atoms in total. The molecule has 1 aromatic carbocycles. The first-order valence-corrected chi connectivity index (χ1v) is 7.91. The topological polar surface area (TPSA) is 0 Å². The quantitative estimate of drug-likeness (QED) is 0.681. The highest BCUT2D eigenvalue weighted by molar-refractivity contribution is 5.25. The first-order valence-electron chi connectivity index (χ1n) is 7.91. The summed E-state index contributed by atoms with van der Waals surface area (Å²) in [6.07, 6.45) is 7.73. The van der Waals surface area contributed by atoms with Gasteiger partial charge in [0.15, 0.2) is 0 Å². The maximum Gasteiger partial charge on any atom is 0.104 e. The Balaban J connectivity index is 2.01. The first kappa shape index (κ1) is 14.6. The minimum absolute atomic E-state index is 0.803. The van der Waals surface area contributed by atoms with Crippen LogP contribution in [0.1, 0.15) is 56.6 Å². The molecule has 2 rings (SSSR count). The van der Waals surface area contributed by atoms with Crippen LogP contribution in [0.15, 0.2) is 24.3 Å². The van der Waals surface area contributed by atoms with Crippen molar-refractivity contribution in [2.45, 2.75) is 52.0 Å². The Morgan fingerprint density at radius 2 is 1.58 bits per heavy atom. The van der Waals surface area contributed by atoms with Crippen LogP contribution in [0, 0.1) is 6.42 Å². The molecule has 0 unspecified atom stereocenters. The lowest BCUT2D eigenvalue weighted by Crippen LogP contribution is -2.42. The van der Waals surface area contributed by atoms with Gasteiger partial charge in [0.1, 0.15) is 6.54 Å². The lowest BCUT2D eigenvalue weighted by atomic mass is 9.84. The molecule has 1 radical (unpaired) electrons. The lowest BCUT2D eigenvalue weighted by Gasteiger charge is -2.32. The standard InChI is InChI=1S/C18H29N/c1-4-19(3,5-2)15-16-11-13-18(14-12-16)17-9-7-6-8-10-17/h6,11-14,17H,4-5,7-10,15H2,1-3H3/q+1. The third-order valence-electron chi connectivity index (χ3n) is 4.98. The molecule has 105 valence electrons. The average Bonchev–Trinajstić information content (AvgIpc) is 2.49. The van der Waals surface area contributed by atoms with Gasteiger partial charge in [0, 0.05) is 5.56 Å². The van der Waals surface area contributed by atoms with Gasteiger partial charge in [0.2, 0.25) is 0 Å². The molecule has 0 aromatic heterocycles. The largest absolute Gasteiger partial charge is 0.323 e. The summed E-state index contributed by atoms with van der Waals surface area (Å²) in [5.74, 6) is 0.803. The summed E-state index contributed by atoms with van der Waals surface area (Å²) in [5.41, 5.74) is 3.04. The van der Waals surface area contributed by atoms with Crippen molar-refractivity contribution in [3.63, 3.8) is 0 Å². The normalized spacial score (nSPS) is 17.6. The van der Waals surface area contributed by atoms with Crippen LogP contribution in [-0.4, -0.2) is 24.6 Å². The Morgan fingerprint density at radius 1 is 1.00 bits per heavy atom. The van der Waals surface area contributed by atoms with Crippen LogP contribution >= 0.6 is 0 Å². The van der Waals surface area contributed by atoms with Gasteiger partial charge in [-0.1, -0.05) is 24.3 Å². The number of hydrogen-bond donors (Lipinski definition) is 0.